The molecule has 3 heterocycles. The van der Waals surface area contributed by atoms with E-state index in [4.69, 9.17) is 4.98 Å². The second-order valence-corrected chi connectivity index (χ2v) is 8.59. The van der Waals surface area contributed by atoms with E-state index < -0.39 is 0 Å². The second-order valence-electron chi connectivity index (χ2n) is 8.59. The highest BCUT2D eigenvalue weighted by Gasteiger charge is 2.43. The zero-order valence-corrected chi connectivity index (χ0v) is 16.6. The van der Waals surface area contributed by atoms with Gasteiger partial charge in [-0.3, -0.25) is 9.89 Å². The highest BCUT2D eigenvalue weighted by atomic mass is 16.1. The van der Waals surface area contributed by atoms with Crippen LogP contribution in [0.15, 0.2) is 65.7 Å². The predicted octanol–water partition coefficient (Wildman–Crippen LogP) is 3.27. The van der Waals surface area contributed by atoms with Gasteiger partial charge in [-0.05, 0) is 23.3 Å². The van der Waals surface area contributed by atoms with Gasteiger partial charge in [0.1, 0.15) is 5.82 Å². The number of benzene rings is 2. The summed E-state index contributed by atoms with van der Waals surface area (Å²) in [5.74, 6) is 1.30. The van der Waals surface area contributed by atoms with Crippen LogP contribution in [0.5, 0.6) is 0 Å². The molecule has 0 aliphatic carbocycles. The predicted molar refractivity (Wildman–Crippen MR) is 114 cm³/mol. The zero-order chi connectivity index (χ0) is 20.0. The van der Waals surface area contributed by atoms with Crippen molar-refractivity contribution in [3.8, 4) is 11.1 Å². The van der Waals surface area contributed by atoms with E-state index >= 15 is 0 Å². The number of likely N-dealkylation sites (N-methyl/N-ethyl adjacent to an activating group) is 1. The Kier molecular flexibility index (Phi) is 4.10. The first-order chi connectivity index (χ1) is 14.0. The number of hydrogen-bond donors (Lipinski definition) is 2. The molecule has 1 aliphatic heterocycles. The minimum absolute atomic E-state index is 0.0839. The lowest BCUT2D eigenvalue weighted by molar-refractivity contribution is -0.879. The fraction of sp³-hybridized carbons (Fsp3) is 0.261. The van der Waals surface area contributed by atoms with Crippen molar-refractivity contribution < 1.29 is 4.48 Å². The van der Waals surface area contributed by atoms with Crippen molar-refractivity contribution in [3.63, 3.8) is 0 Å². The van der Waals surface area contributed by atoms with Crippen LogP contribution in [0.1, 0.15) is 23.2 Å². The van der Waals surface area contributed by atoms with E-state index in [0.29, 0.717) is 11.3 Å². The van der Waals surface area contributed by atoms with E-state index in [1.54, 1.807) is 6.20 Å². The van der Waals surface area contributed by atoms with Gasteiger partial charge < -0.3 is 9.47 Å². The average molecular weight is 386 g/mol. The van der Waals surface area contributed by atoms with Gasteiger partial charge in [0.25, 0.3) is 5.56 Å². The molecule has 2 aromatic carbocycles. The molecule has 0 radical (unpaired) electrons. The summed E-state index contributed by atoms with van der Waals surface area (Å²) < 4.78 is 0.908. The van der Waals surface area contributed by atoms with E-state index in [-0.39, 0.29) is 11.5 Å². The molecular weight excluding hydrogens is 362 g/mol. The minimum Gasteiger partial charge on any atom is -0.327 e. The lowest BCUT2D eigenvalue weighted by atomic mass is 9.88. The van der Waals surface area contributed by atoms with Crippen LogP contribution < -0.4 is 5.56 Å². The molecule has 2 aromatic heterocycles. The van der Waals surface area contributed by atoms with E-state index in [1.165, 1.54) is 5.56 Å². The second kappa shape index (κ2) is 6.67. The number of rotatable bonds is 3. The Morgan fingerprint density at radius 1 is 1.00 bits per heavy atom. The number of aromatic nitrogens is 4. The van der Waals surface area contributed by atoms with Crippen LogP contribution in [0.25, 0.3) is 22.0 Å². The summed E-state index contributed by atoms with van der Waals surface area (Å²) in [4.78, 5) is 21.0. The summed E-state index contributed by atoms with van der Waals surface area (Å²) >= 11 is 0. The SMILES string of the molecule is C[N+]1(C)C[C@@H](c2ccccc2)[C@H](c2nc3ccc(-c4cn[nH]c4)cc3c(=O)[nH]2)C1. The summed E-state index contributed by atoms with van der Waals surface area (Å²) in [5, 5.41) is 7.41. The first kappa shape index (κ1) is 17.8. The third-order valence-corrected chi connectivity index (χ3v) is 6.00. The number of hydrogen-bond acceptors (Lipinski definition) is 3. The number of nitrogens with zero attached hydrogens (tertiary/aromatic N) is 3. The lowest BCUT2D eigenvalue weighted by Crippen LogP contribution is -2.36. The molecule has 1 saturated heterocycles. The monoisotopic (exact) mass is 386 g/mol. The topological polar surface area (TPSA) is 74.4 Å². The Hall–Kier alpha value is -3.25. The van der Waals surface area contributed by atoms with Crippen molar-refractivity contribution in [1.82, 2.24) is 20.2 Å². The Morgan fingerprint density at radius 2 is 1.79 bits per heavy atom. The van der Waals surface area contributed by atoms with E-state index in [2.05, 4.69) is 53.5 Å². The van der Waals surface area contributed by atoms with Crippen molar-refractivity contribution in [2.75, 3.05) is 27.2 Å². The summed E-state index contributed by atoms with van der Waals surface area (Å²) in [7, 11) is 4.48. The normalized spacial score (nSPS) is 20.9. The maximum atomic E-state index is 13.0. The summed E-state index contributed by atoms with van der Waals surface area (Å²) in [5.41, 5.74) is 3.86. The van der Waals surface area contributed by atoms with E-state index in [9.17, 15) is 4.79 Å². The lowest BCUT2D eigenvalue weighted by Gasteiger charge is -2.23. The van der Waals surface area contributed by atoms with Crippen LogP contribution >= 0.6 is 0 Å². The smallest absolute Gasteiger partial charge is 0.258 e. The molecule has 6 nitrogen and oxygen atoms in total. The maximum Gasteiger partial charge on any atom is 0.258 e. The van der Waals surface area contributed by atoms with Crippen LogP contribution in [0.4, 0.5) is 0 Å². The molecule has 0 spiro atoms. The van der Waals surface area contributed by atoms with Crippen LogP contribution in [0, 0.1) is 0 Å². The molecule has 0 unspecified atom stereocenters. The molecule has 29 heavy (non-hydrogen) atoms. The van der Waals surface area contributed by atoms with Gasteiger partial charge in [-0.15, -0.1) is 0 Å². The highest BCUT2D eigenvalue weighted by molar-refractivity contribution is 5.83. The fourth-order valence-electron chi connectivity index (χ4n) is 4.63. The van der Waals surface area contributed by atoms with Crippen molar-refractivity contribution in [2.24, 2.45) is 0 Å². The van der Waals surface area contributed by atoms with E-state index in [0.717, 1.165) is 40.0 Å². The average Bonchev–Trinajstić information content (AvgIpc) is 3.36. The number of nitrogens with one attached hydrogen (secondary N) is 2. The van der Waals surface area contributed by atoms with Gasteiger partial charge in [-0.1, -0.05) is 36.4 Å². The van der Waals surface area contributed by atoms with Crippen molar-refractivity contribution in [1.29, 1.82) is 0 Å². The number of fused-ring (bicyclic) bond motifs is 1. The molecule has 0 saturated carbocycles. The third kappa shape index (κ3) is 3.25. The van der Waals surface area contributed by atoms with Gasteiger partial charge >= 0.3 is 0 Å². The van der Waals surface area contributed by atoms with Crippen LogP contribution in [0.3, 0.4) is 0 Å². The fourth-order valence-corrected chi connectivity index (χ4v) is 4.63. The van der Waals surface area contributed by atoms with E-state index in [1.807, 2.05) is 30.5 Å². The van der Waals surface area contributed by atoms with Crippen molar-refractivity contribution in [3.05, 3.63) is 82.7 Å². The molecule has 1 aliphatic rings. The maximum absolute atomic E-state index is 13.0. The van der Waals surface area contributed by atoms with Crippen LogP contribution in [-0.4, -0.2) is 51.8 Å². The standard InChI is InChI=1S/C23H23N5O/c1-28(2)13-19(15-6-4-3-5-7-15)20(14-28)22-26-21-9-8-16(17-11-24-25-12-17)10-18(21)23(29)27-22/h3-12,19-20H,13-14H2,1-2H3,(H-,24,25,26,27,29)/p+1/t19-,20+/m0/s1. The molecule has 0 bridgehead atoms. The minimum atomic E-state index is -0.0839. The largest absolute Gasteiger partial charge is 0.327 e. The number of H-pyrrole nitrogens is 2. The Bertz CT molecular complexity index is 1210. The number of aromatic amines is 2. The van der Waals surface area contributed by atoms with Crippen molar-refractivity contribution >= 4 is 10.9 Å². The molecule has 5 rings (SSSR count). The van der Waals surface area contributed by atoms with Crippen LogP contribution in [0.2, 0.25) is 0 Å². The quantitative estimate of drug-likeness (QED) is 0.531. The number of quaternary nitrogens is 1. The molecule has 2 atom stereocenters. The van der Waals surface area contributed by atoms with Gasteiger partial charge in [0.2, 0.25) is 0 Å². The first-order valence-electron chi connectivity index (χ1n) is 9.90. The Balaban J connectivity index is 1.59. The summed E-state index contributed by atoms with van der Waals surface area (Å²) in [6.07, 6.45) is 3.57. The number of likely N-dealkylation sites (tertiary alicyclic amines) is 1. The van der Waals surface area contributed by atoms with Crippen LogP contribution in [-0.2, 0) is 0 Å². The summed E-state index contributed by atoms with van der Waals surface area (Å²) in [6, 6.07) is 16.4. The first-order valence-corrected chi connectivity index (χ1v) is 9.90. The highest BCUT2D eigenvalue weighted by Crippen LogP contribution is 2.40. The van der Waals surface area contributed by atoms with Gasteiger partial charge in [0.15, 0.2) is 0 Å². The summed E-state index contributed by atoms with van der Waals surface area (Å²) in [6.45, 7) is 1.97. The third-order valence-electron chi connectivity index (χ3n) is 6.00. The molecule has 0 amide bonds. The molecule has 146 valence electrons. The van der Waals surface area contributed by atoms with Gasteiger partial charge in [-0.25, -0.2) is 4.98 Å². The molecule has 6 heteroatoms. The molecule has 4 aromatic rings. The zero-order valence-electron chi connectivity index (χ0n) is 16.6. The molecule has 2 N–H and O–H groups in total. The molecular formula is C23H24N5O+. The molecule has 1 fully saturated rings. The van der Waals surface area contributed by atoms with Crippen molar-refractivity contribution in [2.45, 2.75) is 11.8 Å². The van der Waals surface area contributed by atoms with Gasteiger partial charge in [-0.2, -0.15) is 5.10 Å². The Morgan fingerprint density at radius 3 is 2.55 bits per heavy atom. The van der Waals surface area contributed by atoms with Gasteiger partial charge in [0.05, 0.1) is 50.2 Å². The Labute approximate surface area is 168 Å². The van der Waals surface area contributed by atoms with Gasteiger partial charge in [0, 0.05) is 17.7 Å².